The maximum absolute atomic E-state index is 13.2. The van der Waals surface area contributed by atoms with Gasteiger partial charge in [-0.05, 0) is 96.2 Å². The summed E-state index contributed by atoms with van der Waals surface area (Å²) in [7, 11) is 0. The molecule has 4 aliphatic rings. The van der Waals surface area contributed by atoms with Gasteiger partial charge in [-0.2, -0.15) is 5.26 Å². The van der Waals surface area contributed by atoms with Crippen molar-refractivity contribution in [2.45, 2.75) is 50.5 Å². The maximum Gasteiger partial charge on any atom is 0.163 e. The van der Waals surface area contributed by atoms with Crippen molar-refractivity contribution in [3.8, 4) is 29.0 Å². The van der Waals surface area contributed by atoms with Crippen LogP contribution in [0.3, 0.4) is 0 Å². The average molecular weight is 504 g/mol. The van der Waals surface area contributed by atoms with E-state index >= 15 is 0 Å². The number of benzene rings is 2. The first-order valence-corrected chi connectivity index (χ1v) is 13.7. The van der Waals surface area contributed by atoms with E-state index in [4.69, 9.17) is 5.26 Å². The van der Waals surface area contributed by atoms with E-state index in [0.29, 0.717) is 35.7 Å². The number of fused-ring (bicyclic) bond motifs is 5. The number of ketones is 1. The van der Waals surface area contributed by atoms with E-state index in [0.717, 1.165) is 42.4 Å². The van der Waals surface area contributed by atoms with Crippen LogP contribution < -0.4 is 0 Å². The van der Waals surface area contributed by atoms with Crippen LogP contribution in [-0.2, 0) is 4.79 Å². The number of aliphatic hydroxyl groups excluding tert-OH is 1. The minimum Gasteiger partial charge on any atom is -0.384 e. The first-order chi connectivity index (χ1) is 18.4. The third-order valence-electron chi connectivity index (χ3n) is 10.2. The molecule has 0 radical (unpaired) electrons. The van der Waals surface area contributed by atoms with Crippen LogP contribution in [-0.4, -0.2) is 28.2 Å². The number of allylic oxidation sites excluding steroid dienone is 4. The Bertz CT molecular complexity index is 1420. The lowest BCUT2D eigenvalue weighted by molar-refractivity contribution is -0.117. The zero-order valence-electron chi connectivity index (χ0n) is 21.7. The number of carbonyl (C=O) groups is 1. The molecule has 192 valence electrons. The molecule has 1 unspecified atom stereocenters. The zero-order chi connectivity index (χ0) is 26.5. The highest BCUT2D eigenvalue weighted by Gasteiger charge is 2.61. The lowest BCUT2D eigenvalue weighted by Crippen LogP contribution is -2.51. The average Bonchev–Trinajstić information content (AvgIpc) is 3.22. The first kappa shape index (κ1) is 24.9. The summed E-state index contributed by atoms with van der Waals surface area (Å²) in [5, 5.41) is 29.8. The molecule has 4 aliphatic carbocycles. The zero-order valence-corrected chi connectivity index (χ0v) is 21.7. The number of hydrogen-bond acceptors (Lipinski definition) is 4. The molecule has 38 heavy (non-hydrogen) atoms. The van der Waals surface area contributed by atoms with E-state index < -0.39 is 5.60 Å². The van der Waals surface area contributed by atoms with Gasteiger partial charge in [-0.25, -0.2) is 0 Å². The van der Waals surface area contributed by atoms with Gasteiger partial charge in [-0.3, -0.25) is 4.79 Å². The van der Waals surface area contributed by atoms with E-state index in [1.54, 1.807) is 0 Å². The molecule has 2 saturated carbocycles. The fraction of sp³-hybridized carbons (Fsp3) is 0.412. The second kappa shape index (κ2) is 9.39. The largest absolute Gasteiger partial charge is 0.384 e. The van der Waals surface area contributed by atoms with Crippen molar-refractivity contribution in [3.05, 3.63) is 83.5 Å². The quantitative estimate of drug-likeness (QED) is 0.526. The predicted molar refractivity (Wildman–Crippen MR) is 147 cm³/mol. The van der Waals surface area contributed by atoms with Gasteiger partial charge in [0.15, 0.2) is 5.78 Å². The fourth-order valence-corrected chi connectivity index (χ4v) is 8.02. The predicted octanol–water partition coefficient (Wildman–Crippen LogP) is 5.56. The van der Waals surface area contributed by atoms with Crippen molar-refractivity contribution in [1.29, 1.82) is 5.26 Å². The number of nitrogens with zero attached hydrogens (tertiary/aromatic N) is 1. The summed E-state index contributed by atoms with van der Waals surface area (Å²) in [5.74, 6) is 7.31. The summed E-state index contributed by atoms with van der Waals surface area (Å²) in [4.78, 5) is 13.2. The molecule has 0 saturated heterocycles. The molecular formula is C34H33NO3. The summed E-state index contributed by atoms with van der Waals surface area (Å²) < 4.78 is 0. The van der Waals surface area contributed by atoms with Crippen molar-refractivity contribution >= 4 is 5.78 Å². The third kappa shape index (κ3) is 3.87. The minimum absolute atomic E-state index is 0.143. The monoisotopic (exact) mass is 503 g/mol. The minimum atomic E-state index is -1.04. The van der Waals surface area contributed by atoms with Gasteiger partial charge >= 0.3 is 0 Å². The Morgan fingerprint density at radius 3 is 2.42 bits per heavy atom. The highest BCUT2D eigenvalue weighted by Crippen LogP contribution is 2.64. The summed E-state index contributed by atoms with van der Waals surface area (Å²) >= 11 is 0. The Labute approximate surface area is 224 Å². The van der Waals surface area contributed by atoms with Crippen LogP contribution in [0.15, 0.2) is 72.3 Å². The Morgan fingerprint density at radius 1 is 1.03 bits per heavy atom. The van der Waals surface area contributed by atoms with E-state index in [-0.39, 0.29) is 23.7 Å². The second-order valence-corrected chi connectivity index (χ2v) is 11.8. The molecule has 0 amide bonds. The smallest absolute Gasteiger partial charge is 0.163 e. The number of hydrogen-bond donors (Lipinski definition) is 2. The molecule has 0 bridgehead atoms. The first-order valence-electron chi connectivity index (χ1n) is 13.7. The summed E-state index contributed by atoms with van der Waals surface area (Å²) in [6.07, 6.45) is 10.7. The van der Waals surface area contributed by atoms with Crippen LogP contribution in [0.25, 0.3) is 11.1 Å². The van der Waals surface area contributed by atoms with Crippen LogP contribution in [0.2, 0.25) is 0 Å². The molecule has 2 aromatic rings. The topological polar surface area (TPSA) is 81.3 Å². The van der Waals surface area contributed by atoms with Crippen molar-refractivity contribution in [3.63, 3.8) is 0 Å². The summed E-state index contributed by atoms with van der Waals surface area (Å²) in [6, 6.07) is 18.0. The van der Waals surface area contributed by atoms with Crippen molar-refractivity contribution in [1.82, 2.24) is 0 Å². The lowest BCUT2D eigenvalue weighted by atomic mass is 9.51. The Balaban J connectivity index is 1.24. The number of nitriles is 1. The van der Waals surface area contributed by atoms with Gasteiger partial charge in [-0.1, -0.05) is 67.3 Å². The number of carbonyl (C=O) groups excluding carboxylic acids is 1. The molecule has 4 heteroatoms. The van der Waals surface area contributed by atoms with Gasteiger partial charge in [0.25, 0.3) is 0 Å². The molecule has 0 spiro atoms. The number of aliphatic hydroxyl groups is 2. The van der Waals surface area contributed by atoms with Gasteiger partial charge in [-0.15, -0.1) is 0 Å². The van der Waals surface area contributed by atoms with Crippen LogP contribution in [0.1, 0.15) is 56.1 Å². The third-order valence-corrected chi connectivity index (χ3v) is 10.2. The molecule has 2 fully saturated rings. The highest BCUT2D eigenvalue weighted by atomic mass is 16.3. The standard InChI is InChI=1S/C34H33NO3/c1-33-16-13-27-28(31(33)14-17-34(33,38)15-2-18-36)12-11-26-19-32(37)30(20-29(26)27)25-9-7-24(8-10-25)23-5-3-22(21-35)4-6-23/h3-12,19,27-31,36,38H,13-14,16-18,20H2,1H3/t27-,28+,29-,30?,31-,33-,34-/m0/s1. The molecule has 0 heterocycles. The molecule has 0 aliphatic heterocycles. The number of rotatable bonds is 2. The van der Waals surface area contributed by atoms with E-state index in [1.165, 1.54) is 5.57 Å². The second-order valence-electron chi connectivity index (χ2n) is 11.8. The molecule has 2 N–H and O–H groups in total. The lowest BCUT2D eigenvalue weighted by Gasteiger charge is -2.53. The molecule has 0 aromatic heterocycles. The molecule has 6 rings (SSSR count). The molecule has 7 atom stereocenters. The van der Waals surface area contributed by atoms with Gasteiger partial charge < -0.3 is 10.2 Å². The maximum atomic E-state index is 13.2. The van der Waals surface area contributed by atoms with Crippen LogP contribution in [0.4, 0.5) is 0 Å². The Hall–Kier alpha value is -3.44. The Kier molecular flexibility index (Phi) is 6.14. The van der Waals surface area contributed by atoms with Gasteiger partial charge in [0.1, 0.15) is 12.2 Å². The van der Waals surface area contributed by atoms with Gasteiger partial charge in [0, 0.05) is 11.3 Å². The fourth-order valence-electron chi connectivity index (χ4n) is 8.02. The van der Waals surface area contributed by atoms with E-state index in [2.05, 4.69) is 61.3 Å². The molecule has 2 aromatic carbocycles. The van der Waals surface area contributed by atoms with Crippen LogP contribution in [0.5, 0.6) is 0 Å². The van der Waals surface area contributed by atoms with Crippen LogP contribution >= 0.6 is 0 Å². The normalized spacial score (nSPS) is 35.2. The van der Waals surface area contributed by atoms with Crippen molar-refractivity contribution in [2.24, 2.45) is 29.1 Å². The van der Waals surface area contributed by atoms with E-state index in [9.17, 15) is 15.0 Å². The Morgan fingerprint density at radius 2 is 1.74 bits per heavy atom. The highest BCUT2D eigenvalue weighted by molar-refractivity contribution is 5.97. The molecular weight excluding hydrogens is 470 g/mol. The SMILES string of the molecule is C[C@]12CC[C@H]3[C@@H](C=CC4=CC(=O)C(c5ccc(-c6ccc(C#N)cc6)cc5)C[C@@H]43)[C@@H]1CC[C@@]2(O)C#CCO. The van der Waals surface area contributed by atoms with Crippen molar-refractivity contribution < 1.29 is 15.0 Å². The molecule has 4 nitrogen and oxygen atoms in total. The summed E-state index contributed by atoms with van der Waals surface area (Å²) in [6.45, 7) is 1.96. The van der Waals surface area contributed by atoms with Gasteiger partial charge in [0.2, 0.25) is 0 Å². The summed E-state index contributed by atoms with van der Waals surface area (Å²) in [5.41, 5.74) is 3.66. The van der Waals surface area contributed by atoms with Gasteiger partial charge in [0.05, 0.1) is 11.6 Å². The van der Waals surface area contributed by atoms with Crippen molar-refractivity contribution in [2.75, 3.05) is 6.61 Å². The van der Waals surface area contributed by atoms with E-state index in [1.807, 2.05) is 30.3 Å². The van der Waals surface area contributed by atoms with Crippen LogP contribution in [0, 0.1) is 52.3 Å².